The van der Waals surface area contributed by atoms with Crippen LogP contribution in [-0.2, 0) is 10.0 Å². The number of carbonyl (C=O) groups excluding carboxylic acids is 1. The third kappa shape index (κ3) is 5.05. The number of anilines is 2. The second-order valence-corrected chi connectivity index (χ2v) is 8.21. The first kappa shape index (κ1) is 20.6. The van der Waals surface area contributed by atoms with E-state index in [1.54, 1.807) is 0 Å². The molecule has 0 atom stereocenters. The summed E-state index contributed by atoms with van der Waals surface area (Å²) in [6.45, 7) is 0. The predicted octanol–water partition coefficient (Wildman–Crippen LogP) is 2.42. The molecule has 0 saturated carbocycles. The van der Waals surface area contributed by atoms with Gasteiger partial charge in [0, 0.05) is 22.5 Å². The van der Waals surface area contributed by atoms with Crippen molar-refractivity contribution < 1.29 is 13.2 Å². The first-order valence-corrected chi connectivity index (χ1v) is 10.1. The number of carbonyl (C=O) groups is 1. The summed E-state index contributed by atoms with van der Waals surface area (Å²) in [5.41, 5.74) is -1.56. The van der Waals surface area contributed by atoms with Crippen molar-refractivity contribution in [1.82, 2.24) is 9.97 Å². The van der Waals surface area contributed by atoms with E-state index in [-0.39, 0.29) is 27.0 Å². The Bertz CT molecular complexity index is 1270. The van der Waals surface area contributed by atoms with Gasteiger partial charge in [-0.05, 0) is 42.5 Å². The van der Waals surface area contributed by atoms with E-state index in [4.69, 9.17) is 23.2 Å². The number of amides is 1. The molecule has 0 aliphatic rings. The molecule has 0 bridgehead atoms. The summed E-state index contributed by atoms with van der Waals surface area (Å²) in [5.74, 6) is -0.815. The van der Waals surface area contributed by atoms with E-state index in [0.717, 1.165) is 12.1 Å². The van der Waals surface area contributed by atoms with Gasteiger partial charge in [-0.15, -0.1) is 0 Å². The Hall–Kier alpha value is -3.08. The van der Waals surface area contributed by atoms with Gasteiger partial charge in [-0.3, -0.25) is 19.3 Å². The fourth-order valence-corrected chi connectivity index (χ4v) is 4.02. The first-order chi connectivity index (χ1) is 13.6. The van der Waals surface area contributed by atoms with E-state index in [9.17, 15) is 22.8 Å². The van der Waals surface area contributed by atoms with Crippen LogP contribution in [0, 0.1) is 0 Å². The van der Waals surface area contributed by atoms with Crippen LogP contribution in [0.5, 0.6) is 0 Å². The molecule has 0 aliphatic carbocycles. The second kappa shape index (κ2) is 8.11. The molecular formula is C17H12Cl2N4O5S. The van der Waals surface area contributed by atoms with Crippen LogP contribution < -0.4 is 21.3 Å². The van der Waals surface area contributed by atoms with Crippen molar-refractivity contribution in [2.45, 2.75) is 4.90 Å². The molecule has 1 amide bonds. The number of halogens is 2. The molecular weight excluding hydrogens is 443 g/mol. The minimum Gasteiger partial charge on any atom is -0.321 e. The average Bonchev–Trinajstić information content (AvgIpc) is 2.64. The van der Waals surface area contributed by atoms with Crippen LogP contribution >= 0.6 is 23.2 Å². The highest BCUT2D eigenvalue weighted by atomic mass is 35.5. The number of hydrogen-bond acceptors (Lipinski definition) is 5. The van der Waals surface area contributed by atoms with Crippen molar-refractivity contribution in [3.8, 4) is 0 Å². The highest BCUT2D eigenvalue weighted by Gasteiger charge is 2.20. The number of nitrogens with one attached hydrogen (secondary N) is 4. The molecule has 29 heavy (non-hydrogen) atoms. The molecule has 0 fully saturated rings. The molecule has 0 aliphatic heterocycles. The Morgan fingerprint density at radius 1 is 0.897 bits per heavy atom. The Balaban J connectivity index is 1.89. The SMILES string of the molecule is O=C(Nc1ccc(Cl)c(S(=O)(=O)Nc2ccc(Cl)cc2)c1)c1cc(=O)[nH]c(=O)[nH]1. The second-order valence-electron chi connectivity index (χ2n) is 5.71. The van der Waals surface area contributed by atoms with Crippen molar-refractivity contribution in [3.63, 3.8) is 0 Å². The third-order valence-electron chi connectivity index (χ3n) is 3.58. The van der Waals surface area contributed by atoms with Crippen molar-refractivity contribution in [2.75, 3.05) is 10.0 Å². The van der Waals surface area contributed by atoms with Crippen LogP contribution in [-0.4, -0.2) is 24.3 Å². The van der Waals surface area contributed by atoms with Crippen molar-refractivity contribution in [2.24, 2.45) is 0 Å². The Labute approximate surface area is 173 Å². The van der Waals surface area contributed by atoms with Gasteiger partial charge >= 0.3 is 5.69 Å². The Morgan fingerprint density at radius 2 is 1.55 bits per heavy atom. The van der Waals surface area contributed by atoms with Crippen LogP contribution in [0.1, 0.15) is 10.5 Å². The third-order valence-corrected chi connectivity index (χ3v) is 5.69. The summed E-state index contributed by atoms with van der Waals surface area (Å²) in [6.07, 6.45) is 0. The number of aromatic amines is 2. The number of hydrogen-bond donors (Lipinski definition) is 4. The molecule has 0 saturated heterocycles. The molecule has 12 heteroatoms. The van der Waals surface area contributed by atoms with E-state index in [0.29, 0.717) is 5.02 Å². The summed E-state index contributed by atoms with van der Waals surface area (Å²) in [6, 6.07) is 10.7. The molecule has 3 aromatic rings. The lowest BCUT2D eigenvalue weighted by molar-refractivity contribution is 0.102. The highest BCUT2D eigenvalue weighted by Crippen LogP contribution is 2.27. The van der Waals surface area contributed by atoms with Gasteiger partial charge in [-0.1, -0.05) is 23.2 Å². The summed E-state index contributed by atoms with van der Waals surface area (Å²) in [7, 11) is -4.08. The maximum absolute atomic E-state index is 12.7. The van der Waals surface area contributed by atoms with Crippen LogP contribution in [0.2, 0.25) is 10.0 Å². The van der Waals surface area contributed by atoms with Crippen LogP contribution in [0.3, 0.4) is 0 Å². The lowest BCUT2D eigenvalue weighted by Gasteiger charge is -2.12. The molecule has 0 radical (unpaired) electrons. The lowest BCUT2D eigenvalue weighted by atomic mass is 10.3. The molecule has 4 N–H and O–H groups in total. The monoisotopic (exact) mass is 454 g/mol. The fraction of sp³-hybridized carbons (Fsp3) is 0. The number of rotatable bonds is 5. The zero-order valence-electron chi connectivity index (χ0n) is 14.3. The largest absolute Gasteiger partial charge is 0.326 e. The van der Waals surface area contributed by atoms with Gasteiger partial charge in [0.2, 0.25) is 0 Å². The van der Waals surface area contributed by atoms with E-state index < -0.39 is 27.2 Å². The predicted molar refractivity (Wildman–Crippen MR) is 109 cm³/mol. The van der Waals surface area contributed by atoms with Crippen molar-refractivity contribution in [1.29, 1.82) is 0 Å². The van der Waals surface area contributed by atoms with Gasteiger partial charge in [0.25, 0.3) is 21.5 Å². The van der Waals surface area contributed by atoms with Gasteiger partial charge in [0.1, 0.15) is 10.6 Å². The normalized spacial score (nSPS) is 11.1. The van der Waals surface area contributed by atoms with Crippen molar-refractivity contribution in [3.05, 3.63) is 85.1 Å². The zero-order valence-corrected chi connectivity index (χ0v) is 16.7. The molecule has 3 rings (SSSR count). The van der Waals surface area contributed by atoms with E-state index in [1.165, 1.54) is 36.4 Å². The number of sulfonamides is 1. The maximum atomic E-state index is 12.7. The van der Waals surface area contributed by atoms with Gasteiger partial charge in [0.15, 0.2) is 0 Å². The standard InChI is InChI=1S/C17H12Cl2N4O5S/c18-9-1-3-10(4-2-9)23-29(27,28)14-7-11(5-6-12(14)19)20-16(25)13-8-15(24)22-17(26)21-13/h1-8,23H,(H,20,25)(H2,21,22,24,26). The van der Waals surface area contributed by atoms with Gasteiger partial charge < -0.3 is 10.3 Å². The Kier molecular flexibility index (Phi) is 5.78. The lowest BCUT2D eigenvalue weighted by Crippen LogP contribution is -2.27. The summed E-state index contributed by atoms with van der Waals surface area (Å²) >= 11 is 11.8. The summed E-state index contributed by atoms with van der Waals surface area (Å²) in [4.78, 5) is 38.7. The van der Waals surface area contributed by atoms with E-state index >= 15 is 0 Å². The van der Waals surface area contributed by atoms with E-state index in [2.05, 4.69) is 15.0 Å². The maximum Gasteiger partial charge on any atom is 0.326 e. The Morgan fingerprint density at radius 3 is 2.21 bits per heavy atom. The molecule has 9 nitrogen and oxygen atoms in total. The minimum absolute atomic E-state index is 0.0750. The van der Waals surface area contributed by atoms with E-state index in [1.807, 2.05) is 4.98 Å². The minimum atomic E-state index is -4.08. The highest BCUT2D eigenvalue weighted by molar-refractivity contribution is 7.92. The molecule has 0 unspecified atom stereocenters. The van der Waals surface area contributed by atoms with Crippen molar-refractivity contribution >= 4 is 50.5 Å². The molecule has 2 aromatic carbocycles. The zero-order chi connectivity index (χ0) is 21.2. The molecule has 150 valence electrons. The van der Waals surface area contributed by atoms with Crippen LogP contribution in [0.4, 0.5) is 11.4 Å². The molecule has 1 heterocycles. The van der Waals surface area contributed by atoms with Crippen LogP contribution in [0.15, 0.2) is 63.0 Å². The number of H-pyrrole nitrogens is 2. The number of aromatic nitrogens is 2. The van der Waals surface area contributed by atoms with Crippen LogP contribution in [0.25, 0.3) is 0 Å². The average molecular weight is 455 g/mol. The smallest absolute Gasteiger partial charge is 0.321 e. The fourth-order valence-electron chi connectivity index (χ4n) is 2.30. The summed E-state index contributed by atoms with van der Waals surface area (Å²) in [5, 5.41) is 2.76. The number of benzene rings is 2. The van der Waals surface area contributed by atoms with Gasteiger partial charge in [-0.2, -0.15) is 0 Å². The molecule has 1 aromatic heterocycles. The first-order valence-electron chi connectivity index (χ1n) is 7.87. The topological polar surface area (TPSA) is 141 Å². The van der Waals surface area contributed by atoms with Gasteiger partial charge in [0.05, 0.1) is 5.02 Å². The molecule has 0 spiro atoms. The van der Waals surface area contributed by atoms with Gasteiger partial charge in [-0.25, -0.2) is 13.2 Å². The quantitative estimate of drug-likeness (QED) is 0.468. The summed E-state index contributed by atoms with van der Waals surface area (Å²) < 4.78 is 27.7.